The Bertz CT molecular complexity index is 605. The molecule has 2 N–H and O–H groups in total. The van der Waals surface area contributed by atoms with Gasteiger partial charge in [-0.05, 0) is 50.1 Å². The van der Waals surface area contributed by atoms with Crippen molar-refractivity contribution in [1.82, 2.24) is 10.0 Å². The fourth-order valence-corrected chi connectivity index (χ4v) is 3.75. The Morgan fingerprint density at radius 3 is 2.75 bits per heavy atom. The van der Waals surface area contributed by atoms with Crippen LogP contribution in [0, 0.1) is 18.3 Å². The Kier molecular flexibility index (Phi) is 5.96. The van der Waals surface area contributed by atoms with Crippen LogP contribution in [-0.4, -0.2) is 27.5 Å². The quantitative estimate of drug-likeness (QED) is 0.881. The lowest BCUT2D eigenvalue weighted by atomic mass is 10.1. The highest BCUT2D eigenvalue weighted by Crippen LogP contribution is 2.17. The first-order chi connectivity index (χ1) is 9.03. The number of aryl methyl sites for hydroxylation is 1. The van der Waals surface area contributed by atoms with E-state index >= 15 is 0 Å². The van der Waals surface area contributed by atoms with Crippen molar-refractivity contribution in [2.24, 2.45) is 0 Å². The number of nitrogens with zero attached hydrogens (tertiary/aromatic N) is 1. The number of hydrogen-bond donors (Lipinski definition) is 2. The molecular formula is C13H18ClN3O2S. The van der Waals surface area contributed by atoms with Gasteiger partial charge in [-0.15, -0.1) is 12.4 Å². The van der Waals surface area contributed by atoms with Crippen molar-refractivity contribution in [3.05, 3.63) is 29.3 Å². The van der Waals surface area contributed by atoms with Crippen LogP contribution in [0.5, 0.6) is 0 Å². The van der Waals surface area contributed by atoms with Crippen molar-refractivity contribution in [2.45, 2.75) is 30.7 Å². The second kappa shape index (κ2) is 7.04. The van der Waals surface area contributed by atoms with Crippen LogP contribution >= 0.6 is 12.4 Å². The summed E-state index contributed by atoms with van der Waals surface area (Å²) < 4.78 is 27.3. The minimum atomic E-state index is -3.51. The Labute approximate surface area is 125 Å². The van der Waals surface area contributed by atoms with Crippen LogP contribution in [0.3, 0.4) is 0 Å². The fourth-order valence-electron chi connectivity index (χ4n) is 2.26. The van der Waals surface area contributed by atoms with Crippen molar-refractivity contribution in [3.63, 3.8) is 0 Å². The van der Waals surface area contributed by atoms with Gasteiger partial charge in [0.05, 0.1) is 16.5 Å². The fraction of sp³-hybridized carbons (Fsp3) is 0.462. The molecule has 7 heteroatoms. The summed E-state index contributed by atoms with van der Waals surface area (Å²) >= 11 is 0. The van der Waals surface area contributed by atoms with E-state index in [1.807, 2.05) is 6.07 Å². The van der Waals surface area contributed by atoms with E-state index in [2.05, 4.69) is 10.0 Å². The minimum absolute atomic E-state index is 0. The predicted molar refractivity (Wildman–Crippen MR) is 79.4 cm³/mol. The van der Waals surface area contributed by atoms with Crippen LogP contribution in [0.2, 0.25) is 0 Å². The molecule has 0 unspecified atom stereocenters. The SMILES string of the molecule is Cc1cc(C#N)ccc1S(=O)(=O)N[C@H]1CCCNC1.Cl. The number of nitriles is 1. The van der Waals surface area contributed by atoms with Crippen LogP contribution in [0.1, 0.15) is 24.0 Å². The summed E-state index contributed by atoms with van der Waals surface area (Å²) in [6.07, 6.45) is 1.82. The monoisotopic (exact) mass is 315 g/mol. The van der Waals surface area contributed by atoms with E-state index in [0.29, 0.717) is 17.7 Å². The molecule has 1 atom stereocenters. The van der Waals surface area contributed by atoms with Crippen LogP contribution in [0.4, 0.5) is 0 Å². The second-order valence-electron chi connectivity index (χ2n) is 4.76. The highest BCUT2D eigenvalue weighted by atomic mass is 35.5. The molecule has 5 nitrogen and oxygen atoms in total. The zero-order valence-electron chi connectivity index (χ0n) is 11.2. The molecule has 0 amide bonds. The van der Waals surface area contributed by atoms with E-state index in [-0.39, 0.29) is 23.3 Å². The molecule has 1 aliphatic rings. The third-order valence-corrected chi connectivity index (χ3v) is 4.89. The molecule has 0 aliphatic carbocycles. The van der Waals surface area contributed by atoms with Crippen molar-refractivity contribution >= 4 is 22.4 Å². The zero-order chi connectivity index (χ0) is 13.9. The number of benzene rings is 1. The lowest BCUT2D eigenvalue weighted by molar-refractivity contribution is 0.428. The summed E-state index contributed by atoms with van der Waals surface area (Å²) in [6, 6.07) is 6.55. The van der Waals surface area contributed by atoms with Gasteiger partial charge < -0.3 is 5.32 Å². The number of sulfonamides is 1. The molecule has 2 rings (SSSR count). The number of halogens is 1. The van der Waals surface area contributed by atoms with Gasteiger partial charge in [0.25, 0.3) is 0 Å². The Morgan fingerprint density at radius 2 is 2.20 bits per heavy atom. The summed E-state index contributed by atoms with van der Waals surface area (Å²) in [7, 11) is -3.51. The van der Waals surface area contributed by atoms with Crippen molar-refractivity contribution in [3.8, 4) is 6.07 Å². The molecule has 1 aromatic carbocycles. The van der Waals surface area contributed by atoms with Gasteiger partial charge in [0.15, 0.2) is 0 Å². The minimum Gasteiger partial charge on any atom is -0.315 e. The van der Waals surface area contributed by atoms with Crippen molar-refractivity contribution < 1.29 is 8.42 Å². The number of nitrogens with one attached hydrogen (secondary N) is 2. The molecule has 0 saturated carbocycles. The van der Waals surface area contributed by atoms with E-state index < -0.39 is 10.0 Å². The molecule has 1 heterocycles. The van der Waals surface area contributed by atoms with E-state index in [1.165, 1.54) is 12.1 Å². The summed E-state index contributed by atoms with van der Waals surface area (Å²) in [5.41, 5.74) is 1.06. The van der Waals surface area contributed by atoms with E-state index in [0.717, 1.165) is 19.4 Å². The third-order valence-electron chi connectivity index (χ3n) is 3.21. The zero-order valence-corrected chi connectivity index (χ0v) is 12.9. The standard InChI is InChI=1S/C13H17N3O2S.ClH/c1-10-7-11(8-14)4-5-13(10)19(17,18)16-12-3-2-6-15-9-12;/h4-5,7,12,15-16H,2-3,6,9H2,1H3;1H/t12-;/m0./s1. The summed E-state index contributed by atoms with van der Waals surface area (Å²) in [5, 5.41) is 12.0. The Balaban J connectivity index is 0.00000200. The largest absolute Gasteiger partial charge is 0.315 e. The van der Waals surface area contributed by atoms with Crippen molar-refractivity contribution in [1.29, 1.82) is 5.26 Å². The van der Waals surface area contributed by atoms with Crippen LogP contribution in [0.25, 0.3) is 0 Å². The summed E-state index contributed by atoms with van der Waals surface area (Å²) in [5.74, 6) is 0. The van der Waals surface area contributed by atoms with Gasteiger partial charge in [-0.3, -0.25) is 0 Å². The predicted octanol–water partition coefficient (Wildman–Crippen LogP) is 1.32. The molecule has 1 aromatic rings. The smallest absolute Gasteiger partial charge is 0.241 e. The van der Waals surface area contributed by atoms with Gasteiger partial charge in [0.2, 0.25) is 10.0 Å². The van der Waals surface area contributed by atoms with Crippen molar-refractivity contribution in [2.75, 3.05) is 13.1 Å². The van der Waals surface area contributed by atoms with E-state index in [1.54, 1.807) is 13.0 Å². The number of piperidine rings is 1. The maximum atomic E-state index is 12.3. The van der Waals surface area contributed by atoms with Gasteiger partial charge in [-0.1, -0.05) is 0 Å². The van der Waals surface area contributed by atoms with Gasteiger partial charge >= 0.3 is 0 Å². The molecule has 20 heavy (non-hydrogen) atoms. The molecule has 1 fully saturated rings. The molecule has 1 aliphatic heterocycles. The molecule has 110 valence electrons. The topological polar surface area (TPSA) is 82.0 Å². The lowest BCUT2D eigenvalue weighted by Gasteiger charge is -2.24. The highest BCUT2D eigenvalue weighted by Gasteiger charge is 2.23. The van der Waals surface area contributed by atoms with Crippen LogP contribution in [0.15, 0.2) is 23.1 Å². The Morgan fingerprint density at radius 1 is 1.45 bits per heavy atom. The summed E-state index contributed by atoms with van der Waals surface area (Å²) in [6.45, 7) is 3.30. The van der Waals surface area contributed by atoms with Crippen LogP contribution in [-0.2, 0) is 10.0 Å². The molecule has 0 aromatic heterocycles. The lowest BCUT2D eigenvalue weighted by Crippen LogP contribution is -2.45. The Hall–Kier alpha value is -1.13. The van der Waals surface area contributed by atoms with Gasteiger partial charge in [-0.25, -0.2) is 13.1 Å². The third kappa shape index (κ3) is 3.93. The first-order valence-corrected chi connectivity index (χ1v) is 7.75. The molecule has 0 radical (unpaired) electrons. The van der Waals surface area contributed by atoms with E-state index in [9.17, 15) is 8.42 Å². The molecular weight excluding hydrogens is 298 g/mol. The first kappa shape index (κ1) is 16.9. The number of hydrogen-bond acceptors (Lipinski definition) is 4. The van der Waals surface area contributed by atoms with Gasteiger partial charge in [0.1, 0.15) is 0 Å². The van der Waals surface area contributed by atoms with Gasteiger partial charge in [0, 0.05) is 12.6 Å². The van der Waals surface area contributed by atoms with Gasteiger partial charge in [-0.2, -0.15) is 5.26 Å². The molecule has 1 saturated heterocycles. The summed E-state index contributed by atoms with van der Waals surface area (Å²) in [4.78, 5) is 0.247. The molecule has 0 bridgehead atoms. The normalized spacial score (nSPS) is 18.9. The molecule has 0 spiro atoms. The average Bonchev–Trinajstić information content (AvgIpc) is 2.38. The number of rotatable bonds is 3. The highest BCUT2D eigenvalue weighted by molar-refractivity contribution is 7.89. The van der Waals surface area contributed by atoms with Crippen LogP contribution < -0.4 is 10.0 Å². The maximum Gasteiger partial charge on any atom is 0.241 e. The first-order valence-electron chi connectivity index (χ1n) is 6.27. The maximum absolute atomic E-state index is 12.3. The second-order valence-corrected chi connectivity index (χ2v) is 6.44. The van der Waals surface area contributed by atoms with E-state index in [4.69, 9.17) is 5.26 Å². The average molecular weight is 316 g/mol.